The minimum atomic E-state index is -1.06. The van der Waals surface area contributed by atoms with Crippen LogP contribution >= 0.6 is 11.6 Å². The number of carbonyl (C=O) groups is 2. The van der Waals surface area contributed by atoms with Gasteiger partial charge in [0, 0.05) is 23.5 Å². The summed E-state index contributed by atoms with van der Waals surface area (Å²) in [6.07, 6.45) is 4.28. The van der Waals surface area contributed by atoms with Gasteiger partial charge in [0.05, 0.1) is 28.4 Å². The number of benzene rings is 3. The molecule has 8 nitrogen and oxygen atoms in total. The Morgan fingerprint density at radius 1 is 1.04 bits per heavy atom. The first-order chi connectivity index (χ1) is 21.7. The van der Waals surface area contributed by atoms with Gasteiger partial charge in [0.2, 0.25) is 5.78 Å². The third kappa shape index (κ3) is 6.93. The molecule has 0 bridgehead atoms. The summed E-state index contributed by atoms with van der Waals surface area (Å²) in [7, 11) is 0. The van der Waals surface area contributed by atoms with E-state index in [-0.39, 0.29) is 17.7 Å². The van der Waals surface area contributed by atoms with E-state index < -0.39 is 23.8 Å². The molecule has 1 aliphatic carbocycles. The SMILES string of the molecule is CCC(C)n1nc(C)c2ccc(-c3ccc(C(=O)C(=O)NC(CN4CCCC4)C(O)c4ccc(OC5CC5)c(Cl)c4)cc3)cc21. The van der Waals surface area contributed by atoms with Crippen LogP contribution in [-0.2, 0) is 4.79 Å². The topological polar surface area (TPSA) is 96.7 Å². The predicted molar refractivity (Wildman–Crippen MR) is 177 cm³/mol. The van der Waals surface area contributed by atoms with Gasteiger partial charge in [-0.1, -0.05) is 61.0 Å². The summed E-state index contributed by atoms with van der Waals surface area (Å²) < 4.78 is 7.92. The van der Waals surface area contributed by atoms with Gasteiger partial charge in [-0.25, -0.2) is 0 Å². The van der Waals surface area contributed by atoms with Crippen LogP contribution in [0, 0.1) is 6.92 Å². The van der Waals surface area contributed by atoms with Gasteiger partial charge in [0.25, 0.3) is 5.91 Å². The molecule has 3 aromatic carbocycles. The maximum Gasteiger partial charge on any atom is 0.292 e. The van der Waals surface area contributed by atoms with Crippen molar-refractivity contribution in [3.63, 3.8) is 0 Å². The molecule has 3 unspecified atom stereocenters. The van der Waals surface area contributed by atoms with E-state index in [0.29, 0.717) is 22.9 Å². The van der Waals surface area contributed by atoms with Gasteiger partial charge in [0.1, 0.15) is 11.9 Å². The number of carbonyl (C=O) groups excluding carboxylic acids is 2. The third-order valence-electron chi connectivity index (χ3n) is 9.05. The van der Waals surface area contributed by atoms with E-state index >= 15 is 0 Å². The summed E-state index contributed by atoms with van der Waals surface area (Å²) in [4.78, 5) is 28.8. The molecule has 45 heavy (non-hydrogen) atoms. The molecule has 236 valence electrons. The van der Waals surface area contributed by atoms with Crippen LogP contribution in [0.25, 0.3) is 22.0 Å². The molecule has 2 fully saturated rings. The zero-order chi connectivity index (χ0) is 31.7. The monoisotopic (exact) mass is 628 g/mol. The molecule has 9 heteroatoms. The molecular formula is C36H41ClN4O4. The number of likely N-dealkylation sites (tertiary alicyclic amines) is 1. The predicted octanol–water partition coefficient (Wildman–Crippen LogP) is 6.67. The molecule has 1 saturated carbocycles. The average molecular weight is 629 g/mol. The number of aliphatic hydroxyl groups is 1. The van der Waals surface area contributed by atoms with Gasteiger partial charge in [-0.2, -0.15) is 5.10 Å². The number of nitrogens with zero attached hydrogens (tertiary/aromatic N) is 3. The number of amides is 1. The Morgan fingerprint density at radius 2 is 1.76 bits per heavy atom. The van der Waals surface area contributed by atoms with Gasteiger partial charge in [0.15, 0.2) is 0 Å². The van der Waals surface area contributed by atoms with E-state index in [9.17, 15) is 14.7 Å². The average Bonchev–Trinajstić information content (AvgIpc) is 3.61. The van der Waals surface area contributed by atoms with Crippen LogP contribution in [0.5, 0.6) is 5.75 Å². The number of hydrogen-bond donors (Lipinski definition) is 2. The highest BCUT2D eigenvalue weighted by atomic mass is 35.5. The van der Waals surface area contributed by atoms with E-state index in [1.165, 1.54) is 0 Å². The normalized spacial score (nSPS) is 17.3. The first-order valence-corrected chi connectivity index (χ1v) is 16.4. The van der Waals surface area contributed by atoms with Crippen LogP contribution < -0.4 is 10.1 Å². The number of Topliss-reactive ketones (excluding diaryl/α,β-unsaturated/α-hetero) is 1. The smallest absolute Gasteiger partial charge is 0.292 e. The van der Waals surface area contributed by atoms with Crippen molar-refractivity contribution in [2.24, 2.45) is 0 Å². The number of aliphatic hydroxyl groups excluding tert-OH is 1. The Kier molecular flexibility index (Phi) is 9.26. The number of nitrogens with one attached hydrogen (secondary N) is 1. The van der Waals surface area contributed by atoms with Gasteiger partial charge in [-0.05, 0) is 93.9 Å². The number of ether oxygens (including phenoxy) is 1. The third-order valence-corrected chi connectivity index (χ3v) is 9.35. The number of fused-ring (bicyclic) bond motifs is 1. The molecule has 1 amide bonds. The van der Waals surface area contributed by atoms with Crippen molar-refractivity contribution in [3.05, 3.63) is 82.5 Å². The van der Waals surface area contributed by atoms with Gasteiger partial charge < -0.3 is 20.1 Å². The lowest BCUT2D eigenvalue weighted by Crippen LogP contribution is -2.48. The minimum Gasteiger partial charge on any atom is -0.489 e. The lowest BCUT2D eigenvalue weighted by molar-refractivity contribution is -0.118. The van der Waals surface area contributed by atoms with Crippen LogP contribution in [0.1, 0.15) is 79.7 Å². The van der Waals surface area contributed by atoms with Crippen LogP contribution in [0.4, 0.5) is 0 Å². The van der Waals surface area contributed by atoms with Crippen molar-refractivity contribution in [1.29, 1.82) is 0 Å². The number of rotatable bonds is 12. The van der Waals surface area contributed by atoms with Crippen molar-refractivity contribution in [2.45, 2.75) is 77.2 Å². The Bertz CT molecular complexity index is 1690. The maximum absolute atomic E-state index is 13.3. The van der Waals surface area contributed by atoms with Crippen molar-refractivity contribution in [2.75, 3.05) is 19.6 Å². The van der Waals surface area contributed by atoms with Crippen molar-refractivity contribution in [1.82, 2.24) is 20.0 Å². The number of ketones is 1. The summed E-state index contributed by atoms with van der Waals surface area (Å²) in [5, 5.41) is 20.5. The summed E-state index contributed by atoms with van der Waals surface area (Å²) >= 11 is 6.48. The fraction of sp³-hybridized carbons (Fsp3) is 0.417. The molecular weight excluding hydrogens is 588 g/mol. The Morgan fingerprint density at radius 3 is 2.42 bits per heavy atom. The first-order valence-electron chi connectivity index (χ1n) is 16.0. The Balaban J connectivity index is 1.18. The largest absolute Gasteiger partial charge is 0.489 e. The molecule has 3 atom stereocenters. The van der Waals surface area contributed by atoms with E-state index in [4.69, 9.17) is 21.4 Å². The molecule has 1 aliphatic heterocycles. The van der Waals surface area contributed by atoms with Crippen molar-refractivity contribution in [3.8, 4) is 16.9 Å². The summed E-state index contributed by atoms with van der Waals surface area (Å²) in [5.74, 6) is -0.808. The molecule has 6 rings (SSSR count). The van der Waals surface area contributed by atoms with Gasteiger partial charge in [-0.15, -0.1) is 0 Å². The second kappa shape index (κ2) is 13.3. The number of aryl methyl sites for hydroxylation is 1. The highest BCUT2D eigenvalue weighted by Crippen LogP contribution is 2.34. The quantitative estimate of drug-likeness (QED) is 0.134. The lowest BCUT2D eigenvalue weighted by atomic mass is 9.99. The van der Waals surface area contributed by atoms with E-state index in [2.05, 4.69) is 46.9 Å². The van der Waals surface area contributed by atoms with Crippen LogP contribution in [0.15, 0.2) is 60.7 Å². The number of halogens is 1. The fourth-order valence-electron chi connectivity index (χ4n) is 6.03. The van der Waals surface area contributed by atoms with E-state index in [0.717, 1.165) is 72.9 Å². The molecule has 1 aromatic heterocycles. The first kappa shape index (κ1) is 31.3. The summed E-state index contributed by atoms with van der Waals surface area (Å²) in [6, 6.07) is 18.2. The molecule has 0 radical (unpaired) electrons. The highest BCUT2D eigenvalue weighted by Gasteiger charge is 2.30. The molecule has 2 heterocycles. The number of aromatic nitrogens is 2. The molecule has 2 aliphatic rings. The summed E-state index contributed by atoms with van der Waals surface area (Å²) in [6.45, 7) is 8.52. The zero-order valence-electron chi connectivity index (χ0n) is 26.1. The van der Waals surface area contributed by atoms with Crippen LogP contribution in [0.2, 0.25) is 5.02 Å². The van der Waals surface area contributed by atoms with Crippen LogP contribution in [0.3, 0.4) is 0 Å². The second-order valence-electron chi connectivity index (χ2n) is 12.5. The highest BCUT2D eigenvalue weighted by molar-refractivity contribution is 6.42. The second-order valence-corrected chi connectivity index (χ2v) is 12.9. The number of hydrogen-bond acceptors (Lipinski definition) is 6. The van der Waals surface area contributed by atoms with Gasteiger partial charge in [-0.3, -0.25) is 14.3 Å². The molecule has 1 saturated heterocycles. The van der Waals surface area contributed by atoms with Crippen molar-refractivity contribution < 1.29 is 19.4 Å². The maximum atomic E-state index is 13.3. The molecule has 0 spiro atoms. The molecule has 4 aromatic rings. The van der Waals surface area contributed by atoms with Crippen molar-refractivity contribution >= 4 is 34.2 Å². The lowest BCUT2D eigenvalue weighted by Gasteiger charge is -2.28. The van der Waals surface area contributed by atoms with Crippen LogP contribution in [-0.4, -0.2) is 63.3 Å². The van der Waals surface area contributed by atoms with E-state index in [1.54, 1.807) is 30.3 Å². The fourth-order valence-corrected chi connectivity index (χ4v) is 6.26. The van der Waals surface area contributed by atoms with Gasteiger partial charge >= 0.3 is 0 Å². The minimum absolute atomic E-state index is 0.202. The Hall–Kier alpha value is -3.72. The standard InChI is InChI=1S/C36H41ClN4O4/c1-4-22(2)41-32-20-26(11-15-29(32)23(3)39-41)24-7-9-25(10-8-24)35(43)36(44)38-31(21-40-17-5-6-18-40)34(42)27-12-16-33(30(37)19-27)45-28-13-14-28/h7-12,15-16,19-20,22,28,31,34,42H,4-6,13-14,17-18,21H2,1-3H3,(H,38,44). The molecule has 2 N–H and O–H groups in total. The van der Waals surface area contributed by atoms with E-state index in [1.807, 2.05) is 19.1 Å². The summed E-state index contributed by atoms with van der Waals surface area (Å²) in [5.41, 5.74) is 4.88. The Labute approximate surface area is 269 Å². The zero-order valence-corrected chi connectivity index (χ0v) is 26.9.